The topological polar surface area (TPSA) is 14.8 Å². The van der Waals surface area contributed by atoms with Crippen LogP contribution in [0.2, 0.25) is 0 Å². The molecule has 0 radical (unpaired) electrons. The summed E-state index contributed by atoms with van der Waals surface area (Å²) in [5.74, 6) is 0. The molecule has 12 rings (SSSR count). The molecule has 0 bridgehead atoms. The van der Waals surface area contributed by atoms with Gasteiger partial charge in [-0.15, -0.1) is 11.3 Å². The Morgan fingerprint density at radius 1 is 0.288 bits per heavy atom. The van der Waals surface area contributed by atoms with E-state index in [1.165, 1.54) is 97.0 Å². The van der Waals surface area contributed by atoms with E-state index in [1.54, 1.807) is 0 Å². The third kappa shape index (κ3) is 3.74. The van der Waals surface area contributed by atoms with Gasteiger partial charge < -0.3 is 13.7 Å². The van der Waals surface area contributed by atoms with E-state index in [0.29, 0.717) is 0 Å². The maximum atomic E-state index is 2.51. The molecule has 0 amide bonds. The molecule has 0 N–H and O–H groups in total. The van der Waals surface area contributed by atoms with Crippen molar-refractivity contribution in [1.82, 2.24) is 13.7 Å². The molecule has 242 valence electrons. The zero-order valence-corrected chi connectivity index (χ0v) is 28.8. The second kappa shape index (κ2) is 10.5. The van der Waals surface area contributed by atoms with Crippen LogP contribution in [-0.4, -0.2) is 13.7 Å². The van der Waals surface area contributed by atoms with Crippen molar-refractivity contribution in [2.45, 2.75) is 0 Å². The van der Waals surface area contributed by atoms with Crippen molar-refractivity contribution in [1.29, 1.82) is 0 Å². The molecule has 0 aliphatic carbocycles. The van der Waals surface area contributed by atoms with E-state index in [1.807, 2.05) is 11.3 Å². The molecule has 0 atom stereocenters. The number of aromatic nitrogens is 3. The van der Waals surface area contributed by atoms with Crippen LogP contribution in [0.25, 0.3) is 103 Å². The Hall–Kier alpha value is -6.62. The number of para-hydroxylation sites is 5. The van der Waals surface area contributed by atoms with Crippen LogP contribution in [0.1, 0.15) is 0 Å². The van der Waals surface area contributed by atoms with Crippen molar-refractivity contribution in [3.8, 4) is 17.1 Å². The van der Waals surface area contributed by atoms with Crippen LogP contribution in [0.15, 0.2) is 176 Å². The molecule has 8 aromatic carbocycles. The predicted octanol–water partition coefficient (Wildman–Crippen LogP) is 13.3. The molecular formula is C48H29N3S. The van der Waals surface area contributed by atoms with Gasteiger partial charge in [-0.25, -0.2) is 0 Å². The summed E-state index contributed by atoms with van der Waals surface area (Å²) in [5, 5.41) is 10.2. The molecule has 0 aliphatic heterocycles. The molecule has 52 heavy (non-hydrogen) atoms. The molecule has 4 heterocycles. The lowest BCUT2D eigenvalue weighted by molar-refractivity contribution is 1.15. The minimum atomic E-state index is 1.16. The summed E-state index contributed by atoms with van der Waals surface area (Å²) >= 11 is 1.88. The molecule has 3 nitrogen and oxygen atoms in total. The zero-order valence-electron chi connectivity index (χ0n) is 28.0. The maximum absolute atomic E-state index is 2.51. The van der Waals surface area contributed by atoms with E-state index in [9.17, 15) is 0 Å². The molecule has 12 aromatic rings. The first-order valence-electron chi connectivity index (χ1n) is 17.8. The van der Waals surface area contributed by atoms with Crippen LogP contribution in [0.5, 0.6) is 0 Å². The number of fused-ring (bicyclic) bond motifs is 12. The van der Waals surface area contributed by atoms with Crippen LogP contribution < -0.4 is 0 Å². The Labute approximate surface area is 302 Å². The minimum Gasteiger partial charge on any atom is -0.309 e. The monoisotopic (exact) mass is 679 g/mol. The van der Waals surface area contributed by atoms with Gasteiger partial charge in [-0.1, -0.05) is 109 Å². The molecular weight excluding hydrogens is 651 g/mol. The summed E-state index contributed by atoms with van der Waals surface area (Å²) in [6.45, 7) is 0. The van der Waals surface area contributed by atoms with Gasteiger partial charge in [0.05, 0.1) is 38.8 Å². The summed E-state index contributed by atoms with van der Waals surface area (Å²) in [6, 6.07) is 64.7. The number of nitrogens with zero attached hydrogens (tertiary/aromatic N) is 3. The smallest absolute Gasteiger partial charge is 0.0576 e. The SMILES string of the molecule is c1ccc2c(c1)sc1cc(-n3c4ccccc4c4ccccc43)cc(-n3c4ccccc4c4cc(-n5c6ccccc6c6ccccc65)ccc43)c12. The van der Waals surface area contributed by atoms with Gasteiger partial charge in [0, 0.05) is 63.9 Å². The van der Waals surface area contributed by atoms with Crippen LogP contribution in [0.3, 0.4) is 0 Å². The van der Waals surface area contributed by atoms with Gasteiger partial charge in [-0.05, 0) is 66.7 Å². The van der Waals surface area contributed by atoms with Crippen LogP contribution in [-0.2, 0) is 0 Å². The lowest BCUT2D eigenvalue weighted by atomic mass is 10.1. The van der Waals surface area contributed by atoms with Crippen LogP contribution >= 0.6 is 11.3 Å². The lowest BCUT2D eigenvalue weighted by Gasteiger charge is -2.15. The highest BCUT2D eigenvalue weighted by atomic mass is 32.1. The Morgan fingerprint density at radius 3 is 1.27 bits per heavy atom. The normalized spacial score (nSPS) is 12.2. The van der Waals surface area contributed by atoms with E-state index < -0.39 is 0 Å². The van der Waals surface area contributed by atoms with Gasteiger partial charge in [-0.2, -0.15) is 0 Å². The largest absolute Gasteiger partial charge is 0.309 e. The number of thiophene rings is 1. The Kier molecular flexibility index (Phi) is 5.65. The zero-order chi connectivity index (χ0) is 33.9. The van der Waals surface area contributed by atoms with Gasteiger partial charge >= 0.3 is 0 Å². The predicted molar refractivity (Wildman–Crippen MR) is 222 cm³/mol. The summed E-state index contributed by atoms with van der Waals surface area (Å²) < 4.78 is 9.96. The Bertz CT molecular complexity index is 3320. The summed E-state index contributed by atoms with van der Waals surface area (Å²) in [5.41, 5.74) is 10.8. The van der Waals surface area contributed by atoms with Crippen molar-refractivity contribution in [2.24, 2.45) is 0 Å². The highest BCUT2D eigenvalue weighted by molar-refractivity contribution is 7.26. The first-order chi connectivity index (χ1) is 25.8. The fraction of sp³-hybridized carbons (Fsp3) is 0. The van der Waals surface area contributed by atoms with Crippen molar-refractivity contribution in [3.63, 3.8) is 0 Å². The second-order valence-electron chi connectivity index (χ2n) is 13.7. The lowest BCUT2D eigenvalue weighted by Crippen LogP contribution is -2.00. The molecule has 0 fully saturated rings. The number of rotatable bonds is 3. The fourth-order valence-corrected chi connectivity index (χ4v) is 10.0. The summed E-state index contributed by atoms with van der Waals surface area (Å²) in [6.07, 6.45) is 0. The summed E-state index contributed by atoms with van der Waals surface area (Å²) in [4.78, 5) is 0. The van der Waals surface area contributed by atoms with E-state index in [0.717, 1.165) is 5.69 Å². The number of benzene rings is 8. The highest BCUT2D eigenvalue weighted by Crippen LogP contribution is 2.44. The number of hydrogen-bond donors (Lipinski definition) is 0. The van der Waals surface area contributed by atoms with E-state index in [2.05, 4.69) is 190 Å². The van der Waals surface area contributed by atoms with Gasteiger partial charge in [-0.3, -0.25) is 0 Å². The third-order valence-electron chi connectivity index (χ3n) is 11.0. The van der Waals surface area contributed by atoms with Crippen LogP contribution in [0.4, 0.5) is 0 Å². The van der Waals surface area contributed by atoms with Crippen molar-refractivity contribution < 1.29 is 0 Å². The first kappa shape index (κ1) is 28.1. The number of hydrogen-bond acceptors (Lipinski definition) is 1. The highest BCUT2D eigenvalue weighted by Gasteiger charge is 2.21. The molecule has 0 spiro atoms. The van der Waals surface area contributed by atoms with Gasteiger partial charge in [0.15, 0.2) is 0 Å². The standard InChI is InChI=1S/C48H29N3S/c1-7-19-39-32(13-1)33-14-2-8-20-40(33)49(39)30-25-26-44-38(27-30)36-17-5-11-23-43(36)51(44)45-28-31(29-47-48(45)37-18-6-12-24-46(37)52-47)50-41-21-9-3-15-34(41)35-16-4-10-22-42(35)50/h1-29H. The average Bonchev–Trinajstić information content (AvgIpc) is 3.94. The Balaban J connectivity index is 1.20. The fourth-order valence-electron chi connectivity index (χ4n) is 8.88. The third-order valence-corrected chi connectivity index (χ3v) is 12.1. The maximum Gasteiger partial charge on any atom is 0.0576 e. The van der Waals surface area contributed by atoms with Crippen molar-refractivity contribution in [3.05, 3.63) is 176 Å². The van der Waals surface area contributed by atoms with Crippen LogP contribution in [0, 0.1) is 0 Å². The summed E-state index contributed by atoms with van der Waals surface area (Å²) in [7, 11) is 0. The molecule has 0 saturated heterocycles. The average molecular weight is 680 g/mol. The second-order valence-corrected chi connectivity index (χ2v) is 14.8. The van der Waals surface area contributed by atoms with E-state index >= 15 is 0 Å². The van der Waals surface area contributed by atoms with Gasteiger partial charge in [0.2, 0.25) is 0 Å². The van der Waals surface area contributed by atoms with Crippen molar-refractivity contribution >= 4 is 96.9 Å². The molecule has 4 heteroatoms. The Morgan fingerprint density at radius 2 is 0.712 bits per heavy atom. The van der Waals surface area contributed by atoms with Gasteiger partial charge in [0.1, 0.15) is 0 Å². The van der Waals surface area contributed by atoms with Crippen molar-refractivity contribution in [2.75, 3.05) is 0 Å². The quantitative estimate of drug-likeness (QED) is 0.177. The van der Waals surface area contributed by atoms with Gasteiger partial charge in [0.25, 0.3) is 0 Å². The van der Waals surface area contributed by atoms with E-state index in [-0.39, 0.29) is 0 Å². The molecule has 4 aromatic heterocycles. The molecule has 0 unspecified atom stereocenters. The first-order valence-corrected chi connectivity index (χ1v) is 18.6. The molecule has 0 aliphatic rings. The minimum absolute atomic E-state index is 1.16. The molecule has 0 saturated carbocycles. The van der Waals surface area contributed by atoms with E-state index in [4.69, 9.17) is 0 Å².